The third kappa shape index (κ3) is 3.03. The first-order valence-corrected chi connectivity index (χ1v) is 7.77. The average Bonchev–Trinajstić information content (AvgIpc) is 3.20. The Morgan fingerprint density at radius 3 is 2.90 bits per heavy atom. The van der Waals surface area contributed by atoms with Crippen LogP contribution < -0.4 is 5.32 Å². The van der Waals surface area contributed by atoms with Crippen LogP contribution >= 0.6 is 0 Å². The van der Waals surface area contributed by atoms with Gasteiger partial charge in [0.25, 0.3) is 0 Å². The van der Waals surface area contributed by atoms with Crippen molar-refractivity contribution in [3.05, 3.63) is 35.4 Å². The van der Waals surface area contributed by atoms with E-state index in [1.807, 2.05) is 18.2 Å². The highest BCUT2D eigenvalue weighted by Crippen LogP contribution is 2.35. The normalized spacial score (nSPS) is 23.8. The fourth-order valence-electron chi connectivity index (χ4n) is 3.26. The summed E-state index contributed by atoms with van der Waals surface area (Å²) in [4.78, 5) is 2.64. The zero-order valence-electron chi connectivity index (χ0n) is 12.2. The molecule has 0 bridgehead atoms. The molecule has 20 heavy (non-hydrogen) atoms. The minimum atomic E-state index is 0.401. The lowest BCUT2D eigenvalue weighted by molar-refractivity contribution is 0.182. The van der Waals surface area contributed by atoms with E-state index in [0.717, 1.165) is 18.2 Å². The molecule has 0 aromatic heterocycles. The van der Waals surface area contributed by atoms with Crippen LogP contribution in [0.2, 0.25) is 0 Å². The summed E-state index contributed by atoms with van der Waals surface area (Å²) in [5.74, 6) is 0. The molecule has 3 rings (SSSR count). The summed E-state index contributed by atoms with van der Waals surface area (Å²) in [5, 5.41) is 12.7. The molecule has 1 heterocycles. The van der Waals surface area contributed by atoms with Crippen molar-refractivity contribution in [2.75, 3.05) is 13.1 Å². The number of nitrogens with zero attached hydrogens (tertiary/aromatic N) is 2. The van der Waals surface area contributed by atoms with Gasteiger partial charge in [-0.05, 0) is 56.8 Å². The number of hydrogen-bond donors (Lipinski definition) is 1. The van der Waals surface area contributed by atoms with Crippen molar-refractivity contribution in [3.8, 4) is 6.07 Å². The van der Waals surface area contributed by atoms with E-state index in [0.29, 0.717) is 12.1 Å². The van der Waals surface area contributed by atoms with Crippen LogP contribution in [0.1, 0.15) is 49.8 Å². The van der Waals surface area contributed by atoms with Gasteiger partial charge in [0.2, 0.25) is 0 Å². The molecule has 2 fully saturated rings. The van der Waals surface area contributed by atoms with E-state index in [2.05, 4.69) is 29.3 Å². The van der Waals surface area contributed by atoms with Gasteiger partial charge in [-0.2, -0.15) is 5.26 Å². The number of benzene rings is 1. The van der Waals surface area contributed by atoms with E-state index >= 15 is 0 Å². The summed E-state index contributed by atoms with van der Waals surface area (Å²) in [6.45, 7) is 4.59. The van der Waals surface area contributed by atoms with Crippen LogP contribution in [0.4, 0.5) is 0 Å². The molecule has 0 spiro atoms. The minimum absolute atomic E-state index is 0.401. The van der Waals surface area contributed by atoms with Gasteiger partial charge in [0.1, 0.15) is 0 Å². The van der Waals surface area contributed by atoms with Crippen molar-refractivity contribution in [1.29, 1.82) is 5.26 Å². The molecule has 3 heteroatoms. The molecule has 1 saturated heterocycles. The largest absolute Gasteiger partial charge is 0.313 e. The highest BCUT2D eigenvalue weighted by atomic mass is 15.2. The number of hydrogen-bond acceptors (Lipinski definition) is 3. The highest BCUT2D eigenvalue weighted by Gasteiger charge is 2.34. The molecule has 1 saturated carbocycles. The second kappa shape index (κ2) is 5.95. The van der Waals surface area contributed by atoms with Gasteiger partial charge in [-0.1, -0.05) is 12.1 Å². The van der Waals surface area contributed by atoms with Crippen LogP contribution in [0.25, 0.3) is 0 Å². The van der Waals surface area contributed by atoms with Gasteiger partial charge in [-0.3, -0.25) is 4.90 Å². The van der Waals surface area contributed by atoms with E-state index in [9.17, 15) is 0 Å². The van der Waals surface area contributed by atoms with Crippen molar-refractivity contribution < 1.29 is 0 Å². The minimum Gasteiger partial charge on any atom is -0.313 e. The van der Waals surface area contributed by atoms with Gasteiger partial charge in [-0.15, -0.1) is 0 Å². The van der Waals surface area contributed by atoms with E-state index in [1.165, 1.54) is 37.8 Å². The van der Waals surface area contributed by atoms with Gasteiger partial charge in [-0.25, -0.2) is 0 Å². The SMILES string of the molecule is CC(c1cccc(C#N)c1)N(CC1CCCN1)C1CC1. The molecule has 1 aliphatic heterocycles. The molecule has 0 radical (unpaired) electrons. The summed E-state index contributed by atoms with van der Waals surface area (Å²) < 4.78 is 0. The molecule has 2 atom stereocenters. The Morgan fingerprint density at radius 2 is 2.25 bits per heavy atom. The average molecular weight is 269 g/mol. The second-order valence-electron chi connectivity index (χ2n) is 6.13. The maximum atomic E-state index is 9.06. The maximum Gasteiger partial charge on any atom is 0.0991 e. The topological polar surface area (TPSA) is 39.1 Å². The van der Waals surface area contributed by atoms with E-state index < -0.39 is 0 Å². The molecule has 106 valence electrons. The fraction of sp³-hybridized carbons (Fsp3) is 0.588. The Bertz CT molecular complexity index is 495. The van der Waals surface area contributed by atoms with Crippen LogP contribution in [0.15, 0.2) is 24.3 Å². The molecule has 3 nitrogen and oxygen atoms in total. The van der Waals surface area contributed by atoms with Crippen LogP contribution in [-0.4, -0.2) is 30.1 Å². The van der Waals surface area contributed by atoms with Crippen molar-refractivity contribution in [2.45, 2.75) is 50.7 Å². The van der Waals surface area contributed by atoms with Crippen LogP contribution in [0.3, 0.4) is 0 Å². The summed E-state index contributed by atoms with van der Waals surface area (Å²) >= 11 is 0. The third-order valence-corrected chi connectivity index (χ3v) is 4.61. The van der Waals surface area contributed by atoms with Gasteiger partial charge >= 0.3 is 0 Å². The maximum absolute atomic E-state index is 9.06. The lowest BCUT2D eigenvalue weighted by Gasteiger charge is -2.32. The van der Waals surface area contributed by atoms with Gasteiger partial charge in [0, 0.05) is 24.7 Å². The molecule has 1 aromatic rings. The Morgan fingerprint density at radius 1 is 1.40 bits per heavy atom. The standard InChI is InChI=1S/C17H23N3/c1-13(15-5-2-4-14(10-15)11-18)20(17-7-8-17)12-16-6-3-9-19-16/h2,4-5,10,13,16-17,19H,3,6-9,12H2,1H3. The van der Waals surface area contributed by atoms with Crippen LogP contribution in [0, 0.1) is 11.3 Å². The monoisotopic (exact) mass is 269 g/mol. The van der Waals surface area contributed by atoms with Crippen LogP contribution in [0.5, 0.6) is 0 Å². The first-order chi connectivity index (χ1) is 9.78. The molecule has 1 N–H and O–H groups in total. The Kier molecular flexibility index (Phi) is 4.05. The third-order valence-electron chi connectivity index (χ3n) is 4.61. The molecule has 0 amide bonds. The predicted molar refractivity (Wildman–Crippen MR) is 80.3 cm³/mol. The second-order valence-corrected chi connectivity index (χ2v) is 6.13. The summed E-state index contributed by atoms with van der Waals surface area (Å²) in [5.41, 5.74) is 2.04. The first kappa shape index (κ1) is 13.6. The predicted octanol–water partition coefficient (Wildman–Crippen LogP) is 2.84. The van der Waals surface area contributed by atoms with Crippen LogP contribution in [-0.2, 0) is 0 Å². The lowest BCUT2D eigenvalue weighted by atomic mass is 10.0. The highest BCUT2D eigenvalue weighted by molar-refractivity contribution is 5.34. The number of rotatable bonds is 5. The van der Waals surface area contributed by atoms with Crippen molar-refractivity contribution in [3.63, 3.8) is 0 Å². The van der Waals surface area contributed by atoms with E-state index in [-0.39, 0.29) is 0 Å². The van der Waals surface area contributed by atoms with Gasteiger partial charge in [0.05, 0.1) is 11.6 Å². The van der Waals surface area contributed by atoms with Crippen molar-refractivity contribution in [2.24, 2.45) is 0 Å². The molecular weight excluding hydrogens is 246 g/mol. The molecule has 2 aliphatic rings. The lowest BCUT2D eigenvalue weighted by Crippen LogP contribution is -2.40. The van der Waals surface area contributed by atoms with Crippen molar-refractivity contribution >= 4 is 0 Å². The van der Waals surface area contributed by atoms with Gasteiger partial charge < -0.3 is 5.32 Å². The molecule has 1 aromatic carbocycles. The number of nitrogens with one attached hydrogen (secondary N) is 1. The quantitative estimate of drug-likeness (QED) is 0.893. The van der Waals surface area contributed by atoms with Gasteiger partial charge in [0.15, 0.2) is 0 Å². The Hall–Kier alpha value is -1.37. The zero-order valence-corrected chi connectivity index (χ0v) is 12.2. The summed E-state index contributed by atoms with van der Waals surface area (Å²) in [7, 11) is 0. The van der Waals surface area contributed by atoms with E-state index in [4.69, 9.17) is 5.26 Å². The Labute approximate surface area is 121 Å². The van der Waals surface area contributed by atoms with Crippen molar-refractivity contribution in [1.82, 2.24) is 10.2 Å². The molecular formula is C17H23N3. The molecule has 1 aliphatic carbocycles. The van der Waals surface area contributed by atoms with E-state index in [1.54, 1.807) is 0 Å². The summed E-state index contributed by atoms with van der Waals surface area (Å²) in [6, 6.07) is 12.1. The Balaban J connectivity index is 1.74. The zero-order chi connectivity index (χ0) is 13.9. The molecule has 2 unspecified atom stereocenters. The smallest absolute Gasteiger partial charge is 0.0991 e. The first-order valence-electron chi connectivity index (χ1n) is 7.77. The summed E-state index contributed by atoms with van der Waals surface area (Å²) in [6.07, 6.45) is 5.26. The fourth-order valence-corrected chi connectivity index (χ4v) is 3.26. The number of nitriles is 1.